The molecule has 0 aliphatic rings. The highest BCUT2D eigenvalue weighted by molar-refractivity contribution is 7.89. The standard InChI is InChI=1S/C7H11N3O2S/c1-9-4-6-2-3-7(5-10-6)13(8,11)12/h2-3,5,9H,4H2,1H3,(H2,8,11,12). The average Bonchev–Trinajstić information content (AvgIpc) is 2.04. The van der Waals surface area contributed by atoms with Crippen molar-refractivity contribution in [3.05, 3.63) is 24.0 Å². The fraction of sp³-hybridized carbons (Fsp3) is 0.286. The van der Waals surface area contributed by atoms with Crippen LogP contribution in [0.3, 0.4) is 0 Å². The summed E-state index contributed by atoms with van der Waals surface area (Å²) in [6.07, 6.45) is 1.25. The van der Waals surface area contributed by atoms with Gasteiger partial charge in [0.1, 0.15) is 4.90 Å². The molecule has 0 saturated carbocycles. The zero-order valence-corrected chi connectivity index (χ0v) is 8.00. The van der Waals surface area contributed by atoms with Gasteiger partial charge in [-0.25, -0.2) is 13.6 Å². The molecule has 3 N–H and O–H groups in total. The number of hydrogen-bond donors (Lipinski definition) is 2. The van der Waals surface area contributed by atoms with Crippen molar-refractivity contribution in [1.82, 2.24) is 10.3 Å². The van der Waals surface area contributed by atoms with Gasteiger partial charge in [-0.05, 0) is 19.2 Å². The first kappa shape index (κ1) is 10.1. The number of rotatable bonds is 3. The Morgan fingerprint density at radius 2 is 2.23 bits per heavy atom. The van der Waals surface area contributed by atoms with Crippen molar-refractivity contribution in [3.8, 4) is 0 Å². The smallest absolute Gasteiger partial charge is 0.239 e. The number of pyridine rings is 1. The first-order valence-electron chi connectivity index (χ1n) is 3.66. The molecule has 0 atom stereocenters. The molecule has 0 spiro atoms. The van der Waals surface area contributed by atoms with E-state index in [1.807, 2.05) is 0 Å². The predicted octanol–water partition coefficient (Wildman–Crippen LogP) is -0.552. The fourth-order valence-corrected chi connectivity index (χ4v) is 1.32. The third-order valence-corrected chi connectivity index (χ3v) is 2.38. The van der Waals surface area contributed by atoms with Crippen LogP contribution in [0.5, 0.6) is 0 Å². The Labute approximate surface area is 77.0 Å². The lowest BCUT2D eigenvalue weighted by atomic mass is 10.3. The van der Waals surface area contributed by atoms with Crippen molar-refractivity contribution < 1.29 is 8.42 Å². The highest BCUT2D eigenvalue weighted by atomic mass is 32.2. The summed E-state index contributed by atoms with van der Waals surface area (Å²) in [6.45, 7) is 0.602. The Balaban J connectivity index is 2.94. The fourth-order valence-electron chi connectivity index (χ4n) is 0.865. The molecular weight excluding hydrogens is 190 g/mol. The Morgan fingerprint density at radius 1 is 1.54 bits per heavy atom. The maximum absolute atomic E-state index is 10.8. The molecule has 6 heteroatoms. The first-order valence-corrected chi connectivity index (χ1v) is 5.21. The number of nitrogens with two attached hydrogens (primary N) is 1. The number of hydrogen-bond acceptors (Lipinski definition) is 4. The highest BCUT2D eigenvalue weighted by Crippen LogP contribution is 2.04. The zero-order valence-electron chi connectivity index (χ0n) is 7.19. The van der Waals surface area contributed by atoms with E-state index < -0.39 is 10.0 Å². The zero-order chi connectivity index (χ0) is 9.90. The van der Waals surface area contributed by atoms with E-state index in [1.54, 1.807) is 13.1 Å². The molecular formula is C7H11N3O2S. The van der Waals surface area contributed by atoms with Crippen molar-refractivity contribution >= 4 is 10.0 Å². The number of nitrogens with one attached hydrogen (secondary N) is 1. The molecule has 1 rings (SSSR count). The molecule has 72 valence electrons. The number of nitrogens with zero attached hydrogens (tertiary/aromatic N) is 1. The molecule has 0 saturated heterocycles. The largest absolute Gasteiger partial charge is 0.314 e. The lowest BCUT2D eigenvalue weighted by molar-refractivity contribution is 0.597. The van der Waals surface area contributed by atoms with Crippen LogP contribution in [-0.4, -0.2) is 20.4 Å². The maximum Gasteiger partial charge on any atom is 0.239 e. The van der Waals surface area contributed by atoms with Crippen LogP contribution in [-0.2, 0) is 16.6 Å². The molecule has 0 fully saturated rings. The van der Waals surface area contributed by atoms with Gasteiger partial charge in [0, 0.05) is 12.7 Å². The van der Waals surface area contributed by atoms with E-state index in [0.29, 0.717) is 6.54 Å². The minimum absolute atomic E-state index is 0.0346. The van der Waals surface area contributed by atoms with Crippen LogP contribution in [0.25, 0.3) is 0 Å². The third kappa shape index (κ3) is 2.76. The molecule has 0 bridgehead atoms. The van der Waals surface area contributed by atoms with Gasteiger partial charge in [-0.1, -0.05) is 0 Å². The molecule has 0 aromatic carbocycles. The third-order valence-electron chi connectivity index (χ3n) is 1.48. The van der Waals surface area contributed by atoms with E-state index in [-0.39, 0.29) is 4.90 Å². The van der Waals surface area contributed by atoms with Gasteiger partial charge in [0.2, 0.25) is 10.0 Å². The van der Waals surface area contributed by atoms with E-state index in [4.69, 9.17) is 5.14 Å². The normalized spacial score (nSPS) is 11.5. The molecule has 1 heterocycles. The van der Waals surface area contributed by atoms with E-state index in [2.05, 4.69) is 10.3 Å². The quantitative estimate of drug-likeness (QED) is 0.687. The first-order chi connectivity index (χ1) is 6.04. The van der Waals surface area contributed by atoms with Gasteiger partial charge in [0.05, 0.1) is 5.69 Å². The molecule has 0 radical (unpaired) electrons. The molecule has 0 aliphatic carbocycles. The van der Waals surface area contributed by atoms with Gasteiger partial charge in [-0.3, -0.25) is 4.98 Å². The summed E-state index contributed by atoms with van der Waals surface area (Å²) in [5.74, 6) is 0. The summed E-state index contributed by atoms with van der Waals surface area (Å²) in [6, 6.07) is 3.06. The van der Waals surface area contributed by atoms with Crippen LogP contribution in [0.2, 0.25) is 0 Å². The van der Waals surface area contributed by atoms with Crippen molar-refractivity contribution in [3.63, 3.8) is 0 Å². The topological polar surface area (TPSA) is 85.1 Å². The van der Waals surface area contributed by atoms with Gasteiger partial charge in [0.25, 0.3) is 0 Å². The summed E-state index contributed by atoms with van der Waals surface area (Å²) < 4.78 is 21.6. The van der Waals surface area contributed by atoms with Crippen LogP contribution in [0, 0.1) is 0 Å². The van der Waals surface area contributed by atoms with Crippen LogP contribution < -0.4 is 10.5 Å². The Hall–Kier alpha value is -0.980. The van der Waals surface area contributed by atoms with Gasteiger partial charge >= 0.3 is 0 Å². The van der Waals surface area contributed by atoms with Crippen molar-refractivity contribution in [2.45, 2.75) is 11.4 Å². The van der Waals surface area contributed by atoms with Gasteiger partial charge < -0.3 is 5.32 Å². The Morgan fingerprint density at radius 3 is 2.62 bits per heavy atom. The number of sulfonamides is 1. The summed E-state index contributed by atoms with van der Waals surface area (Å²) in [4.78, 5) is 3.95. The lowest BCUT2D eigenvalue weighted by Crippen LogP contribution is -2.13. The predicted molar refractivity (Wildman–Crippen MR) is 48.4 cm³/mol. The Kier molecular flexibility index (Phi) is 2.97. The van der Waals surface area contributed by atoms with E-state index in [1.165, 1.54) is 12.3 Å². The van der Waals surface area contributed by atoms with Crippen molar-refractivity contribution in [2.75, 3.05) is 7.05 Å². The summed E-state index contributed by atoms with van der Waals surface area (Å²) in [7, 11) is -1.83. The lowest BCUT2D eigenvalue weighted by Gasteiger charge is -2.00. The van der Waals surface area contributed by atoms with Crippen molar-refractivity contribution in [1.29, 1.82) is 0 Å². The minimum Gasteiger partial charge on any atom is -0.314 e. The van der Waals surface area contributed by atoms with Crippen molar-refractivity contribution in [2.24, 2.45) is 5.14 Å². The second kappa shape index (κ2) is 3.82. The number of primary sulfonamides is 1. The monoisotopic (exact) mass is 201 g/mol. The van der Waals surface area contributed by atoms with E-state index in [9.17, 15) is 8.42 Å². The van der Waals surface area contributed by atoms with Gasteiger partial charge in [0.15, 0.2) is 0 Å². The van der Waals surface area contributed by atoms with Gasteiger partial charge in [-0.2, -0.15) is 0 Å². The molecule has 1 aromatic rings. The molecule has 0 aliphatic heterocycles. The molecule has 1 aromatic heterocycles. The van der Waals surface area contributed by atoms with Crippen LogP contribution in [0.4, 0.5) is 0 Å². The molecule has 0 amide bonds. The van der Waals surface area contributed by atoms with Crippen LogP contribution in [0.15, 0.2) is 23.2 Å². The highest BCUT2D eigenvalue weighted by Gasteiger charge is 2.06. The summed E-state index contributed by atoms with van der Waals surface area (Å²) in [5.41, 5.74) is 0.773. The molecule has 0 unspecified atom stereocenters. The molecule has 5 nitrogen and oxygen atoms in total. The summed E-state index contributed by atoms with van der Waals surface area (Å²) in [5, 5.41) is 7.80. The second-order valence-electron chi connectivity index (χ2n) is 2.56. The second-order valence-corrected chi connectivity index (χ2v) is 4.12. The van der Waals surface area contributed by atoms with E-state index in [0.717, 1.165) is 5.69 Å². The average molecular weight is 201 g/mol. The van der Waals surface area contributed by atoms with E-state index >= 15 is 0 Å². The Bertz CT molecular complexity index is 371. The van der Waals surface area contributed by atoms with Crippen LogP contribution in [0.1, 0.15) is 5.69 Å². The van der Waals surface area contributed by atoms with Gasteiger partial charge in [-0.15, -0.1) is 0 Å². The number of aromatic nitrogens is 1. The maximum atomic E-state index is 10.8. The SMILES string of the molecule is CNCc1ccc(S(N)(=O)=O)cn1. The minimum atomic E-state index is -3.62. The summed E-state index contributed by atoms with van der Waals surface area (Å²) >= 11 is 0. The van der Waals surface area contributed by atoms with Crippen LogP contribution >= 0.6 is 0 Å². The molecule has 13 heavy (non-hydrogen) atoms.